The second-order valence-corrected chi connectivity index (χ2v) is 9.11. The average Bonchev–Trinajstić information content (AvgIpc) is 3.05. The van der Waals surface area contributed by atoms with Crippen molar-refractivity contribution in [3.05, 3.63) is 88.1 Å². The van der Waals surface area contributed by atoms with E-state index in [-0.39, 0.29) is 11.7 Å². The van der Waals surface area contributed by atoms with Gasteiger partial charge in [0.25, 0.3) is 0 Å². The van der Waals surface area contributed by atoms with Gasteiger partial charge >= 0.3 is 0 Å². The molecule has 0 saturated carbocycles. The Morgan fingerprint density at radius 2 is 1.49 bits per heavy atom. The molecule has 0 amide bonds. The van der Waals surface area contributed by atoms with Gasteiger partial charge in [-0.15, -0.1) is 0 Å². The highest BCUT2D eigenvalue weighted by atomic mass is 35.5. The molecule has 0 spiro atoms. The number of ether oxygens (including phenoxy) is 3. The van der Waals surface area contributed by atoms with Crippen molar-refractivity contribution in [3.8, 4) is 17.2 Å². The fourth-order valence-corrected chi connectivity index (χ4v) is 5.10. The molecular formula is C28H27ClN2O4. The van der Waals surface area contributed by atoms with Crippen molar-refractivity contribution in [2.75, 3.05) is 32.0 Å². The van der Waals surface area contributed by atoms with Gasteiger partial charge in [-0.2, -0.15) is 0 Å². The normalized spacial score (nSPS) is 19.0. The number of ketones is 1. The summed E-state index contributed by atoms with van der Waals surface area (Å²) in [5, 5.41) is 7.84. The van der Waals surface area contributed by atoms with E-state index in [0.717, 1.165) is 28.2 Å². The largest absolute Gasteiger partial charge is 0.496 e. The Morgan fingerprint density at radius 3 is 2.17 bits per heavy atom. The molecule has 3 aromatic carbocycles. The van der Waals surface area contributed by atoms with Crippen LogP contribution in [-0.4, -0.2) is 27.1 Å². The van der Waals surface area contributed by atoms with E-state index in [1.807, 2.05) is 54.6 Å². The van der Waals surface area contributed by atoms with Gasteiger partial charge < -0.3 is 24.8 Å². The van der Waals surface area contributed by atoms with E-state index in [0.29, 0.717) is 40.7 Å². The van der Waals surface area contributed by atoms with Crippen LogP contribution in [0.25, 0.3) is 0 Å². The summed E-state index contributed by atoms with van der Waals surface area (Å²) in [6, 6.07) is 19.0. The molecular weight excluding hydrogens is 464 g/mol. The molecule has 3 aromatic rings. The first-order chi connectivity index (χ1) is 17.0. The number of hydrogen-bond acceptors (Lipinski definition) is 6. The molecule has 2 aliphatic rings. The van der Waals surface area contributed by atoms with Crippen LogP contribution in [0.4, 0.5) is 11.4 Å². The van der Waals surface area contributed by atoms with Gasteiger partial charge in [-0.25, -0.2) is 0 Å². The number of halogens is 1. The van der Waals surface area contributed by atoms with Crippen LogP contribution in [0.2, 0.25) is 5.02 Å². The van der Waals surface area contributed by atoms with E-state index in [1.54, 1.807) is 27.4 Å². The molecule has 0 bridgehead atoms. The number of fused-ring (bicyclic) bond motifs is 1. The fraction of sp³-hybridized carbons (Fsp3) is 0.250. The summed E-state index contributed by atoms with van der Waals surface area (Å²) in [6.07, 6.45) is 1.11. The number of benzene rings is 3. The van der Waals surface area contributed by atoms with Gasteiger partial charge in [0, 0.05) is 34.3 Å². The van der Waals surface area contributed by atoms with Crippen LogP contribution in [0.15, 0.2) is 71.9 Å². The van der Waals surface area contributed by atoms with Crippen LogP contribution in [0.3, 0.4) is 0 Å². The molecule has 6 nitrogen and oxygen atoms in total. The highest BCUT2D eigenvalue weighted by Gasteiger charge is 2.37. The summed E-state index contributed by atoms with van der Waals surface area (Å²) < 4.78 is 16.8. The third-order valence-electron chi connectivity index (χ3n) is 6.70. The van der Waals surface area contributed by atoms with Crippen molar-refractivity contribution in [3.63, 3.8) is 0 Å². The summed E-state index contributed by atoms with van der Waals surface area (Å²) in [4.78, 5) is 13.8. The number of carbonyl (C=O) groups is 1. The predicted molar refractivity (Wildman–Crippen MR) is 138 cm³/mol. The van der Waals surface area contributed by atoms with Gasteiger partial charge in [-0.1, -0.05) is 35.9 Å². The van der Waals surface area contributed by atoms with E-state index in [1.165, 1.54) is 0 Å². The van der Waals surface area contributed by atoms with Crippen molar-refractivity contribution in [2.24, 2.45) is 0 Å². The van der Waals surface area contributed by atoms with Gasteiger partial charge in [-0.05, 0) is 48.2 Å². The van der Waals surface area contributed by atoms with Crippen LogP contribution in [-0.2, 0) is 4.79 Å². The van der Waals surface area contributed by atoms with Gasteiger partial charge in [0.05, 0.1) is 38.7 Å². The number of rotatable bonds is 5. The predicted octanol–water partition coefficient (Wildman–Crippen LogP) is 6.35. The Bertz CT molecular complexity index is 1300. The highest BCUT2D eigenvalue weighted by molar-refractivity contribution is 6.30. The van der Waals surface area contributed by atoms with Gasteiger partial charge in [0.1, 0.15) is 5.75 Å². The van der Waals surface area contributed by atoms with E-state index in [4.69, 9.17) is 25.8 Å². The Hall–Kier alpha value is -3.64. The topological polar surface area (TPSA) is 68.8 Å². The number of carbonyl (C=O) groups excluding carboxylic acids is 1. The van der Waals surface area contributed by atoms with Gasteiger partial charge in [0.2, 0.25) is 0 Å². The zero-order valence-corrected chi connectivity index (χ0v) is 20.6. The molecule has 0 saturated heterocycles. The van der Waals surface area contributed by atoms with E-state index < -0.39 is 6.04 Å². The molecule has 5 rings (SSSR count). The van der Waals surface area contributed by atoms with Crippen molar-refractivity contribution < 1.29 is 19.0 Å². The van der Waals surface area contributed by atoms with Crippen LogP contribution in [0.1, 0.15) is 35.9 Å². The lowest BCUT2D eigenvalue weighted by atomic mass is 9.78. The van der Waals surface area contributed by atoms with Crippen molar-refractivity contribution in [2.45, 2.75) is 24.8 Å². The number of nitrogens with one attached hydrogen (secondary N) is 2. The van der Waals surface area contributed by atoms with Crippen LogP contribution >= 0.6 is 11.6 Å². The molecule has 2 N–H and O–H groups in total. The first-order valence-corrected chi connectivity index (χ1v) is 11.8. The van der Waals surface area contributed by atoms with E-state index >= 15 is 0 Å². The molecule has 1 heterocycles. The Balaban J connectivity index is 1.66. The molecule has 7 heteroatoms. The first-order valence-electron chi connectivity index (χ1n) is 11.5. The average molecular weight is 491 g/mol. The molecule has 180 valence electrons. The minimum Gasteiger partial charge on any atom is -0.496 e. The Kier molecular flexibility index (Phi) is 6.31. The monoisotopic (exact) mass is 490 g/mol. The summed E-state index contributed by atoms with van der Waals surface area (Å²) in [5.41, 5.74) is 5.33. The maximum atomic E-state index is 13.8. The maximum Gasteiger partial charge on any atom is 0.164 e. The Labute approximate surface area is 209 Å². The second kappa shape index (κ2) is 9.55. The smallest absolute Gasteiger partial charge is 0.164 e. The van der Waals surface area contributed by atoms with Gasteiger partial charge in [-0.3, -0.25) is 4.79 Å². The van der Waals surface area contributed by atoms with E-state index in [2.05, 4.69) is 10.6 Å². The SMILES string of the molecule is COc1cc(OC)c(C2Nc3ccccc3NC3=C2C(=O)CC(c2ccc(Cl)cc2)C3)cc1OC. The lowest BCUT2D eigenvalue weighted by molar-refractivity contribution is -0.116. The number of methoxy groups -OCH3 is 3. The minimum absolute atomic E-state index is 0.0595. The zero-order chi connectivity index (χ0) is 24.5. The lowest BCUT2D eigenvalue weighted by Gasteiger charge is -2.30. The van der Waals surface area contributed by atoms with E-state index in [9.17, 15) is 4.79 Å². The number of hydrogen-bond donors (Lipinski definition) is 2. The number of Topliss-reactive ketones (excluding diaryl/α,β-unsaturated/α-hetero) is 1. The van der Waals surface area contributed by atoms with Crippen molar-refractivity contribution in [1.29, 1.82) is 0 Å². The third kappa shape index (κ3) is 4.30. The lowest BCUT2D eigenvalue weighted by Crippen LogP contribution is -2.27. The number of allylic oxidation sites excluding steroid dienone is 1. The fourth-order valence-electron chi connectivity index (χ4n) is 4.97. The van der Waals surface area contributed by atoms with Crippen LogP contribution < -0.4 is 24.8 Å². The molecule has 1 aliphatic carbocycles. The zero-order valence-electron chi connectivity index (χ0n) is 19.9. The summed E-state index contributed by atoms with van der Waals surface area (Å²) in [7, 11) is 4.80. The number of anilines is 2. The quantitative estimate of drug-likeness (QED) is 0.434. The van der Waals surface area contributed by atoms with Crippen molar-refractivity contribution >= 4 is 28.8 Å². The van der Waals surface area contributed by atoms with Crippen molar-refractivity contribution in [1.82, 2.24) is 0 Å². The summed E-state index contributed by atoms with van der Waals surface area (Å²) >= 11 is 6.10. The second-order valence-electron chi connectivity index (χ2n) is 8.67. The highest BCUT2D eigenvalue weighted by Crippen LogP contribution is 2.47. The third-order valence-corrected chi connectivity index (χ3v) is 6.95. The van der Waals surface area contributed by atoms with Gasteiger partial charge in [0.15, 0.2) is 17.3 Å². The first kappa shape index (κ1) is 23.1. The maximum absolute atomic E-state index is 13.8. The molecule has 0 fully saturated rings. The molecule has 0 radical (unpaired) electrons. The molecule has 1 aliphatic heterocycles. The molecule has 2 atom stereocenters. The number of para-hydroxylation sites is 2. The molecule has 0 aromatic heterocycles. The molecule has 2 unspecified atom stereocenters. The van der Waals surface area contributed by atoms with Crippen LogP contribution in [0, 0.1) is 0 Å². The van der Waals surface area contributed by atoms with Crippen LogP contribution in [0.5, 0.6) is 17.2 Å². The summed E-state index contributed by atoms with van der Waals surface area (Å²) in [5.74, 6) is 1.89. The summed E-state index contributed by atoms with van der Waals surface area (Å²) in [6.45, 7) is 0. The minimum atomic E-state index is -0.436. The Morgan fingerprint density at radius 1 is 0.829 bits per heavy atom. The molecule has 35 heavy (non-hydrogen) atoms. The standard InChI is InChI=1S/C28H27ClN2O4/c1-33-24-15-26(35-3)25(34-2)14-19(24)28-27-22(30-20-6-4-5-7-21(20)31-28)12-17(13-23(27)32)16-8-10-18(29)11-9-16/h4-11,14-15,17,28,30-31H,12-13H2,1-3H3.